The summed E-state index contributed by atoms with van der Waals surface area (Å²) in [6.45, 7) is 3.84. The maximum atomic E-state index is 11.6. The third-order valence-electron chi connectivity index (χ3n) is 2.62. The number of hydrogen-bond donors (Lipinski definition) is 0. The molecule has 0 aliphatic carbocycles. The van der Waals surface area contributed by atoms with Crippen LogP contribution in [-0.4, -0.2) is 16.5 Å². The van der Waals surface area contributed by atoms with Crippen LogP contribution in [0.15, 0.2) is 18.2 Å². The van der Waals surface area contributed by atoms with Gasteiger partial charge in [-0.1, -0.05) is 17.7 Å². The Bertz CT molecular complexity index is 410. The summed E-state index contributed by atoms with van der Waals surface area (Å²) in [6, 6.07) is 5.65. The highest BCUT2D eigenvalue weighted by atomic mass is 35.5. The minimum atomic E-state index is -0.391. The van der Waals surface area contributed by atoms with E-state index in [1.165, 1.54) is 0 Å². The van der Waals surface area contributed by atoms with Crippen LogP contribution >= 0.6 is 11.6 Å². The Morgan fingerprint density at radius 1 is 1.43 bits per heavy atom. The summed E-state index contributed by atoms with van der Waals surface area (Å²) in [5.74, 6) is 0. The fourth-order valence-electron chi connectivity index (χ4n) is 1.69. The van der Waals surface area contributed by atoms with Crippen LogP contribution in [-0.2, 0) is 6.42 Å². The molecular formula is C11H12ClNO. The molecule has 0 bridgehead atoms. The quantitative estimate of drug-likeness (QED) is 0.477. The Kier molecular flexibility index (Phi) is 2.04. The van der Waals surface area contributed by atoms with E-state index in [0.29, 0.717) is 6.42 Å². The summed E-state index contributed by atoms with van der Waals surface area (Å²) in [5, 5.41) is 12.4. The van der Waals surface area contributed by atoms with E-state index in [9.17, 15) is 5.21 Å². The van der Waals surface area contributed by atoms with Crippen molar-refractivity contribution in [1.82, 2.24) is 0 Å². The SMILES string of the molecule is CC1(C)Cc2c(Cl)cccc2C=[N+]1[O-]. The molecule has 0 aromatic heterocycles. The van der Waals surface area contributed by atoms with Crippen LogP contribution in [0.5, 0.6) is 0 Å². The molecule has 3 heteroatoms. The van der Waals surface area contributed by atoms with E-state index in [1.807, 2.05) is 32.0 Å². The predicted molar refractivity (Wildman–Crippen MR) is 58.0 cm³/mol. The van der Waals surface area contributed by atoms with Gasteiger partial charge < -0.3 is 5.21 Å². The molecule has 2 rings (SSSR count). The molecule has 0 spiro atoms. The lowest BCUT2D eigenvalue weighted by molar-refractivity contribution is -0.537. The zero-order valence-electron chi connectivity index (χ0n) is 8.25. The molecule has 0 fully saturated rings. The average molecular weight is 210 g/mol. The van der Waals surface area contributed by atoms with Crippen LogP contribution in [0.25, 0.3) is 0 Å². The van der Waals surface area contributed by atoms with Gasteiger partial charge in [0.05, 0.1) is 0 Å². The molecule has 1 aromatic carbocycles. The first-order valence-electron chi connectivity index (χ1n) is 4.59. The van der Waals surface area contributed by atoms with Gasteiger partial charge in [0.15, 0.2) is 11.8 Å². The number of hydroxylamine groups is 1. The van der Waals surface area contributed by atoms with E-state index in [1.54, 1.807) is 6.21 Å². The van der Waals surface area contributed by atoms with Crippen molar-refractivity contribution in [2.45, 2.75) is 25.8 Å². The first-order valence-corrected chi connectivity index (χ1v) is 4.97. The van der Waals surface area contributed by atoms with Gasteiger partial charge in [-0.3, -0.25) is 0 Å². The number of hydrogen-bond acceptors (Lipinski definition) is 1. The highest BCUT2D eigenvalue weighted by molar-refractivity contribution is 6.31. The molecule has 0 unspecified atom stereocenters. The van der Waals surface area contributed by atoms with Gasteiger partial charge in [0, 0.05) is 30.9 Å². The monoisotopic (exact) mass is 209 g/mol. The standard InChI is InChI=1S/C11H12ClNO/c1-11(2)6-9-8(7-13(11)14)4-3-5-10(9)12/h3-5,7H,6H2,1-2H3. The van der Waals surface area contributed by atoms with Gasteiger partial charge in [-0.15, -0.1) is 0 Å². The second kappa shape index (κ2) is 2.99. The van der Waals surface area contributed by atoms with E-state index in [0.717, 1.165) is 20.9 Å². The van der Waals surface area contributed by atoms with Crippen molar-refractivity contribution in [2.24, 2.45) is 0 Å². The van der Waals surface area contributed by atoms with E-state index in [2.05, 4.69) is 0 Å². The molecule has 2 nitrogen and oxygen atoms in total. The van der Waals surface area contributed by atoms with Crippen LogP contribution in [0.3, 0.4) is 0 Å². The number of halogens is 1. The summed E-state index contributed by atoms with van der Waals surface area (Å²) in [5.41, 5.74) is 1.62. The van der Waals surface area contributed by atoms with Crippen molar-refractivity contribution in [2.75, 3.05) is 0 Å². The van der Waals surface area contributed by atoms with Gasteiger partial charge in [-0.25, -0.2) is 4.74 Å². The average Bonchev–Trinajstić information content (AvgIpc) is 2.09. The maximum Gasteiger partial charge on any atom is 0.182 e. The van der Waals surface area contributed by atoms with Crippen molar-refractivity contribution in [1.29, 1.82) is 0 Å². The summed E-state index contributed by atoms with van der Waals surface area (Å²) < 4.78 is 1.01. The molecule has 14 heavy (non-hydrogen) atoms. The van der Waals surface area contributed by atoms with Gasteiger partial charge in [-0.05, 0) is 17.7 Å². The predicted octanol–water partition coefficient (Wildman–Crippen LogP) is 2.60. The zero-order valence-corrected chi connectivity index (χ0v) is 9.01. The third kappa shape index (κ3) is 1.40. The zero-order chi connectivity index (χ0) is 10.3. The molecule has 0 amide bonds. The topological polar surface area (TPSA) is 26.1 Å². The molecule has 1 aliphatic rings. The largest absolute Gasteiger partial charge is 0.623 e. The molecule has 74 valence electrons. The molecule has 0 saturated heterocycles. The molecule has 0 radical (unpaired) electrons. The second-order valence-corrected chi connectivity index (χ2v) is 4.66. The molecule has 1 aliphatic heterocycles. The maximum absolute atomic E-state index is 11.6. The molecule has 0 atom stereocenters. The normalized spacial score (nSPS) is 18.6. The number of nitrogens with zero attached hydrogens (tertiary/aromatic N) is 1. The number of fused-ring (bicyclic) bond motifs is 1. The van der Waals surface area contributed by atoms with Gasteiger partial charge in [0.2, 0.25) is 0 Å². The van der Waals surface area contributed by atoms with Crippen LogP contribution in [0.1, 0.15) is 25.0 Å². The van der Waals surface area contributed by atoms with Crippen LogP contribution in [0.4, 0.5) is 0 Å². The lowest BCUT2D eigenvalue weighted by Gasteiger charge is -2.28. The highest BCUT2D eigenvalue weighted by Crippen LogP contribution is 2.28. The van der Waals surface area contributed by atoms with E-state index in [4.69, 9.17) is 11.6 Å². The minimum Gasteiger partial charge on any atom is -0.623 e. The molecular weight excluding hydrogens is 198 g/mol. The minimum absolute atomic E-state index is 0.391. The lowest BCUT2D eigenvalue weighted by Crippen LogP contribution is -2.39. The molecule has 0 N–H and O–H groups in total. The van der Waals surface area contributed by atoms with E-state index >= 15 is 0 Å². The van der Waals surface area contributed by atoms with Gasteiger partial charge in [-0.2, -0.15) is 0 Å². The van der Waals surface area contributed by atoms with E-state index in [-0.39, 0.29) is 0 Å². The number of benzene rings is 1. The summed E-state index contributed by atoms with van der Waals surface area (Å²) in [6.07, 6.45) is 2.31. The molecule has 1 heterocycles. The first kappa shape index (κ1) is 9.53. The molecule has 1 aromatic rings. The molecule has 0 saturated carbocycles. The summed E-state index contributed by atoms with van der Waals surface area (Å²) in [7, 11) is 0. The van der Waals surface area contributed by atoms with E-state index < -0.39 is 5.54 Å². The van der Waals surface area contributed by atoms with Crippen molar-refractivity contribution < 1.29 is 4.74 Å². The van der Waals surface area contributed by atoms with Crippen LogP contribution in [0.2, 0.25) is 5.02 Å². The number of rotatable bonds is 0. The third-order valence-corrected chi connectivity index (χ3v) is 2.97. The van der Waals surface area contributed by atoms with Gasteiger partial charge in [0.25, 0.3) is 0 Å². The Morgan fingerprint density at radius 3 is 2.86 bits per heavy atom. The summed E-state index contributed by atoms with van der Waals surface area (Å²) >= 11 is 6.08. The summed E-state index contributed by atoms with van der Waals surface area (Å²) in [4.78, 5) is 0. The fourth-order valence-corrected chi connectivity index (χ4v) is 1.94. The highest BCUT2D eigenvalue weighted by Gasteiger charge is 2.32. The van der Waals surface area contributed by atoms with Crippen molar-refractivity contribution in [3.63, 3.8) is 0 Å². The van der Waals surface area contributed by atoms with Crippen molar-refractivity contribution in [3.8, 4) is 0 Å². The van der Waals surface area contributed by atoms with Crippen molar-refractivity contribution >= 4 is 17.8 Å². The van der Waals surface area contributed by atoms with Crippen molar-refractivity contribution in [3.05, 3.63) is 39.6 Å². The smallest absolute Gasteiger partial charge is 0.182 e. The Morgan fingerprint density at radius 2 is 2.14 bits per heavy atom. The second-order valence-electron chi connectivity index (χ2n) is 4.25. The fraction of sp³-hybridized carbons (Fsp3) is 0.364. The lowest BCUT2D eigenvalue weighted by atomic mass is 9.89. The first-order chi connectivity index (χ1) is 6.50. The van der Waals surface area contributed by atoms with Crippen LogP contribution in [0, 0.1) is 5.21 Å². The Labute approximate surface area is 88.4 Å². The van der Waals surface area contributed by atoms with Gasteiger partial charge >= 0.3 is 0 Å². The Balaban J connectivity index is 2.59. The van der Waals surface area contributed by atoms with Gasteiger partial charge in [0.1, 0.15) is 0 Å². The Hall–Kier alpha value is -1.02. The van der Waals surface area contributed by atoms with Crippen LogP contribution < -0.4 is 0 Å².